The van der Waals surface area contributed by atoms with E-state index < -0.39 is 7.12 Å². The normalized spacial score (nSPS) is 11.6. The van der Waals surface area contributed by atoms with Crippen molar-refractivity contribution in [1.82, 2.24) is 25.5 Å². The lowest BCUT2D eigenvalue weighted by Crippen LogP contribution is -2.29. The highest BCUT2D eigenvalue weighted by atomic mass is 35.5. The summed E-state index contributed by atoms with van der Waals surface area (Å²) in [5, 5.41) is 32.5. The summed E-state index contributed by atoms with van der Waals surface area (Å²) in [6.07, 6.45) is 2.33. The van der Waals surface area contributed by atoms with Crippen molar-refractivity contribution in [2.45, 2.75) is 38.2 Å². The van der Waals surface area contributed by atoms with Crippen molar-refractivity contribution in [1.29, 1.82) is 0 Å². The number of carbonyl (C=O) groups is 1. The summed E-state index contributed by atoms with van der Waals surface area (Å²) in [7, 11) is -1.29. The molecule has 12 heteroatoms. The molecule has 1 unspecified atom stereocenters. The number of unbranched alkanes of at least 4 members (excludes halogenated alkanes) is 1. The highest BCUT2D eigenvalue weighted by Crippen LogP contribution is 2.15. The molecule has 1 aromatic carbocycles. The van der Waals surface area contributed by atoms with Gasteiger partial charge in [0.1, 0.15) is 0 Å². The third kappa shape index (κ3) is 7.81. The number of halogens is 2. The van der Waals surface area contributed by atoms with E-state index in [1.807, 2.05) is 0 Å². The Labute approximate surface area is 168 Å². The van der Waals surface area contributed by atoms with Crippen LogP contribution in [0.4, 0.5) is 0 Å². The molecule has 0 radical (unpaired) electrons. The Hall–Kier alpha value is -1.72. The molecule has 0 fully saturated rings. The molecular formula is C15H23BCl2N6O3. The van der Waals surface area contributed by atoms with Crippen molar-refractivity contribution < 1.29 is 14.8 Å². The van der Waals surface area contributed by atoms with Crippen molar-refractivity contribution in [2.75, 3.05) is 6.54 Å². The molecule has 2 rings (SSSR count). The van der Waals surface area contributed by atoms with Crippen LogP contribution in [0.1, 0.15) is 41.5 Å². The number of tetrazole rings is 1. The first-order valence-electron chi connectivity index (χ1n) is 8.39. The van der Waals surface area contributed by atoms with Gasteiger partial charge in [0, 0.05) is 17.1 Å². The third-order valence-electron chi connectivity index (χ3n) is 3.83. The number of nitrogens with one attached hydrogen (secondary N) is 1. The molecule has 0 aliphatic heterocycles. The Kier molecular flexibility index (Phi) is 10.3. The van der Waals surface area contributed by atoms with E-state index in [2.05, 4.69) is 20.8 Å². The van der Waals surface area contributed by atoms with Crippen molar-refractivity contribution in [3.8, 4) is 0 Å². The van der Waals surface area contributed by atoms with Gasteiger partial charge in [-0.2, -0.15) is 0 Å². The van der Waals surface area contributed by atoms with E-state index in [1.165, 1.54) is 0 Å². The standard InChI is InChI=1S/C15H22BClN6O3.ClH/c17-12-6-4-11(5-7-12)15(24)19-9-10-23-14(20-21-22-23)13(18)3-1-2-8-16(25)26;/h4-7,13,25-26H,1-3,8-10,18H2,(H,19,24);1H. The van der Waals surface area contributed by atoms with Gasteiger partial charge in [-0.15, -0.1) is 17.5 Å². The largest absolute Gasteiger partial charge is 0.451 e. The fraction of sp³-hybridized carbons (Fsp3) is 0.467. The number of hydrogen-bond donors (Lipinski definition) is 4. The van der Waals surface area contributed by atoms with Crippen LogP contribution in [0, 0.1) is 0 Å². The smallest absolute Gasteiger partial charge is 0.427 e. The maximum atomic E-state index is 12.1. The summed E-state index contributed by atoms with van der Waals surface area (Å²) in [4.78, 5) is 12.1. The minimum atomic E-state index is -1.29. The van der Waals surface area contributed by atoms with Crippen LogP contribution in [0.15, 0.2) is 24.3 Å². The summed E-state index contributed by atoms with van der Waals surface area (Å²) in [5.74, 6) is 0.332. The zero-order chi connectivity index (χ0) is 18.9. The SMILES string of the molecule is Cl.NC(CCCCB(O)O)c1nnnn1CCNC(=O)c1ccc(Cl)cc1. The number of aromatic nitrogens is 4. The zero-order valence-corrected chi connectivity index (χ0v) is 16.2. The van der Waals surface area contributed by atoms with E-state index in [0.29, 0.717) is 48.7 Å². The summed E-state index contributed by atoms with van der Waals surface area (Å²) in [6.45, 7) is 0.744. The van der Waals surface area contributed by atoms with E-state index in [1.54, 1.807) is 28.9 Å². The van der Waals surface area contributed by atoms with Gasteiger partial charge in [-0.1, -0.05) is 24.4 Å². The highest BCUT2D eigenvalue weighted by molar-refractivity contribution is 6.40. The lowest BCUT2D eigenvalue weighted by atomic mass is 9.83. The number of benzene rings is 1. The molecule has 27 heavy (non-hydrogen) atoms. The van der Waals surface area contributed by atoms with Gasteiger partial charge < -0.3 is 21.1 Å². The fourth-order valence-corrected chi connectivity index (χ4v) is 2.56. The van der Waals surface area contributed by atoms with Gasteiger partial charge in [-0.3, -0.25) is 4.79 Å². The lowest BCUT2D eigenvalue weighted by molar-refractivity contribution is 0.0951. The second-order valence-corrected chi connectivity index (χ2v) is 6.33. The maximum absolute atomic E-state index is 12.1. The topological polar surface area (TPSA) is 139 Å². The molecule has 0 saturated heterocycles. The number of amides is 1. The van der Waals surface area contributed by atoms with E-state index in [4.69, 9.17) is 27.4 Å². The maximum Gasteiger partial charge on any atom is 0.451 e. The second-order valence-electron chi connectivity index (χ2n) is 5.89. The molecule has 0 bridgehead atoms. The van der Waals surface area contributed by atoms with Gasteiger partial charge >= 0.3 is 7.12 Å². The predicted molar refractivity (Wildman–Crippen MR) is 105 cm³/mol. The monoisotopic (exact) mass is 416 g/mol. The van der Waals surface area contributed by atoms with Gasteiger partial charge in [-0.25, -0.2) is 4.68 Å². The summed E-state index contributed by atoms with van der Waals surface area (Å²) >= 11 is 5.80. The third-order valence-corrected chi connectivity index (χ3v) is 4.09. The minimum Gasteiger partial charge on any atom is -0.427 e. The summed E-state index contributed by atoms with van der Waals surface area (Å²) in [6, 6.07) is 6.27. The van der Waals surface area contributed by atoms with Gasteiger partial charge in [0.2, 0.25) is 0 Å². The Balaban J connectivity index is 0.00000364. The molecule has 0 aliphatic carbocycles. The molecule has 1 heterocycles. The molecule has 0 saturated carbocycles. The quantitative estimate of drug-likeness (QED) is 0.332. The molecule has 0 aliphatic rings. The van der Waals surface area contributed by atoms with Crippen LogP contribution in [0.25, 0.3) is 0 Å². The lowest BCUT2D eigenvalue weighted by Gasteiger charge is -2.12. The zero-order valence-electron chi connectivity index (χ0n) is 14.7. The number of hydrogen-bond acceptors (Lipinski definition) is 7. The fourth-order valence-electron chi connectivity index (χ4n) is 2.44. The van der Waals surface area contributed by atoms with Gasteiger partial charge in [-0.05, 0) is 47.4 Å². The average Bonchev–Trinajstić information content (AvgIpc) is 3.07. The van der Waals surface area contributed by atoms with Crippen molar-refractivity contribution in [2.24, 2.45) is 5.73 Å². The first-order chi connectivity index (χ1) is 12.5. The molecule has 1 amide bonds. The Morgan fingerprint density at radius 2 is 2.00 bits per heavy atom. The number of rotatable bonds is 10. The van der Waals surface area contributed by atoms with Crippen LogP contribution >= 0.6 is 24.0 Å². The van der Waals surface area contributed by atoms with Crippen LogP contribution < -0.4 is 11.1 Å². The van der Waals surface area contributed by atoms with Crippen molar-refractivity contribution >= 4 is 37.0 Å². The van der Waals surface area contributed by atoms with E-state index in [-0.39, 0.29) is 24.4 Å². The first kappa shape index (κ1) is 23.3. The van der Waals surface area contributed by atoms with E-state index >= 15 is 0 Å². The van der Waals surface area contributed by atoms with Crippen LogP contribution in [0.3, 0.4) is 0 Å². The van der Waals surface area contributed by atoms with Gasteiger partial charge in [0.05, 0.1) is 12.6 Å². The second kappa shape index (κ2) is 11.9. The van der Waals surface area contributed by atoms with Crippen molar-refractivity contribution in [3.05, 3.63) is 40.7 Å². The van der Waals surface area contributed by atoms with Crippen LogP contribution in [-0.2, 0) is 6.54 Å². The van der Waals surface area contributed by atoms with Crippen LogP contribution in [-0.4, -0.2) is 49.8 Å². The molecule has 9 nitrogen and oxygen atoms in total. The Morgan fingerprint density at radius 1 is 1.30 bits per heavy atom. The summed E-state index contributed by atoms with van der Waals surface area (Å²) in [5.41, 5.74) is 6.63. The molecule has 1 aromatic heterocycles. The molecule has 1 atom stereocenters. The van der Waals surface area contributed by atoms with Crippen molar-refractivity contribution in [3.63, 3.8) is 0 Å². The molecular weight excluding hydrogens is 394 g/mol. The number of nitrogens with zero attached hydrogens (tertiary/aromatic N) is 4. The number of carbonyl (C=O) groups excluding carboxylic acids is 1. The molecule has 5 N–H and O–H groups in total. The first-order valence-corrected chi connectivity index (χ1v) is 8.76. The Morgan fingerprint density at radius 3 is 2.67 bits per heavy atom. The van der Waals surface area contributed by atoms with Gasteiger partial charge in [0.15, 0.2) is 5.82 Å². The molecule has 148 valence electrons. The van der Waals surface area contributed by atoms with Crippen LogP contribution in [0.2, 0.25) is 11.3 Å². The average molecular weight is 417 g/mol. The van der Waals surface area contributed by atoms with Gasteiger partial charge in [0.25, 0.3) is 5.91 Å². The highest BCUT2D eigenvalue weighted by Gasteiger charge is 2.15. The molecule has 0 spiro atoms. The van der Waals surface area contributed by atoms with E-state index in [0.717, 1.165) is 6.42 Å². The Bertz CT molecular complexity index is 701. The summed E-state index contributed by atoms with van der Waals surface area (Å²) < 4.78 is 1.56. The van der Waals surface area contributed by atoms with Crippen LogP contribution in [0.5, 0.6) is 0 Å². The predicted octanol–water partition coefficient (Wildman–Crippen LogP) is 0.821. The number of nitrogens with two attached hydrogens (primary N) is 1. The minimum absolute atomic E-state index is 0. The molecule has 2 aromatic rings. The van der Waals surface area contributed by atoms with E-state index in [9.17, 15) is 4.79 Å².